The topological polar surface area (TPSA) is 0 Å². The molecule has 3 rings (SSSR count). The first-order valence-electron chi connectivity index (χ1n) is 5.20. The summed E-state index contributed by atoms with van der Waals surface area (Å²) in [6, 6.07) is 13.4. The molecule has 0 radical (unpaired) electrons. The molecule has 0 unspecified atom stereocenters. The van der Waals surface area contributed by atoms with Crippen molar-refractivity contribution < 1.29 is 49.2 Å². The second-order valence-electron chi connectivity index (χ2n) is 4.10. The number of rotatable bonds is 0. The van der Waals surface area contributed by atoms with Crippen LogP contribution in [0.4, 0.5) is 0 Å². The molecule has 1 aliphatic carbocycles. The van der Waals surface area contributed by atoms with Crippen LogP contribution in [0.25, 0.3) is 11.1 Å². The Labute approximate surface area is 129 Å². The molecule has 0 fully saturated rings. The molecule has 85 valence electrons. The molecule has 0 bridgehead atoms. The van der Waals surface area contributed by atoms with E-state index in [0.29, 0.717) is 0 Å². The van der Waals surface area contributed by atoms with Crippen LogP contribution in [0, 0.1) is 6.92 Å². The van der Waals surface area contributed by atoms with Crippen molar-refractivity contribution in [3.8, 4) is 11.1 Å². The van der Waals surface area contributed by atoms with Crippen molar-refractivity contribution in [1.29, 1.82) is 0 Å². The van der Waals surface area contributed by atoms with Gasteiger partial charge in [0.05, 0.1) is 0 Å². The molecule has 2 aromatic rings. The number of fused-ring (bicyclic) bond motifs is 3. The van der Waals surface area contributed by atoms with Crippen molar-refractivity contribution in [2.75, 3.05) is 0 Å². The molecule has 0 saturated heterocycles. The Morgan fingerprint density at radius 2 is 1.65 bits per heavy atom. The molecule has 2 aromatic carbocycles. The summed E-state index contributed by atoms with van der Waals surface area (Å²) in [5.74, 6) is 0. The van der Waals surface area contributed by atoms with E-state index in [1.54, 1.807) is 8.88 Å². The Hall–Kier alpha value is -0.110. The summed E-state index contributed by atoms with van der Waals surface area (Å²) < 4.78 is 1.54. The van der Waals surface area contributed by atoms with E-state index in [2.05, 4.69) is 43.3 Å². The molecule has 3 heteroatoms. The van der Waals surface area contributed by atoms with E-state index < -0.39 is 0 Å². The zero-order valence-electron chi connectivity index (χ0n) is 9.43. The third-order valence-corrected chi connectivity index (χ3v) is 5.22. The largest absolute Gasteiger partial charge is 1.00 e. The van der Waals surface area contributed by atoms with E-state index in [0.717, 1.165) is 30.8 Å². The Kier molecular flexibility index (Phi) is 5.00. The SMILES string of the molecule is Cc1[c]([Hf+2])ccc2c1Cc1ccccc1-2.[Cl-].[Cl-]. The average molecular weight is 429 g/mol. The van der Waals surface area contributed by atoms with Crippen molar-refractivity contribution in [2.24, 2.45) is 0 Å². The Balaban J connectivity index is 0.000000722. The van der Waals surface area contributed by atoms with E-state index >= 15 is 0 Å². The van der Waals surface area contributed by atoms with Gasteiger partial charge in [-0.1, -0.05) is 0 Å². The van der Waals surface area contributed by atoms with Crippen LogP contribution in [0.5, 0.6) is 0 Å². The minimum absolute atomic E-state index is 0. The van der Waals surface area contributed by atoms with E-state index in [4.69, 9.17) is 0 Å². The summed E-state index contributed by atoms with van der Waals surface area (Å²) in [4.78, 5) is 0. The van der Waals surface area contributed by atoms with E-state index in [1.807, 2.05) is 0 Å². The number of halogens is 2. The quantitative estimate of drug-likeness (QED) is 0.330. The van der Waals surface area contributed by atoms with Crippen LogP contribution in [-0.2, 0) is 30.8 Å². The second-order valence-corrected chi connectivity index (χ2v) is 6.03. The molecule has 0 heterocycles. The van der Waals surface area contributed by atoms with Crippen molar-refractivity contribution in [2.45, 2.75) is 13.3 Å². The van der Waals surface area contributed by atoms with E-state index in [9.17, 15) is 0 Å². The number of benzene rings is 2. The predicted octanol–water partition coefficient (Wildman–Crippen LogP) is -3.25. The minimum Gasteiger partial charge on any atom is -1.00 e. The van der Waals surface area contributed by atoms with Gasteiger partial charge in [-0.05, 0) is 0 Å². The minimum atomic E-state index is 0. The molecule has 0 nitrogen and oxygen atoms in total. The smallest absolute Gasteiger partial charge is 1.00 e. The fourth-order valence-corrected chi connectivity index (χ4v) is 3.21. The summed E-state index contributed by atoms with van der Waals surface area (Å²) in [5.41, 5.74) is 7.47. The van der Waals surface area contributed by atoms with Gasteiger partial charge in [-0.2, -0.15) is 0 Å². The fourth-order valence-electron chi connectivity index (χ4n) is 2.36. The first-order valence-corrected chi connectivity index (χ1v) is 6.99. The maximum atomic E-state index is 2.30. The van der Waals surface area contributed by atoms with Crippen LogP contribution in [-0.4, -0.2) is 0 Å². The van der Waals surface area contributed by atoms with Crippen LogP contribution < -0.4 is 28.1 Å². The van der Waals surface area contributed by atoms with Gasteiger partial charge in [-0.15, -0.1) is 0 Å². The van der Waals surface area contributed by atoms with Crippen molar-refractivity contribution in [3.63, 3.8) is 0 Å². The third-order valence-electron chi connectivity index (χ3n) is 3.27. The maximum absolute atomic E-state index is 2.30. The summed E-state index contributed by atoms with van der Waals surface area (Å²) in [5, 5.41) is 0. The van der Waals surface area contributed by atoms with Crippen molar-refractivity contribution in [1.82, 2.24) is 0 Å². The molecule has 0 aromatic heterocycles. The summed E-state index contributed by atoms with van der Waals surface area (Å²) >= 11 is 1.16. The molecule has 1 aliphatic rings. The maximum Gasteiger partial charge on any atom is -1.00 e. The zero-order valence-corrected chi connectivity index (χ0v) is 14.5. The molecular formula is C14H11Cl2Hf. The van der Waals surface area contributed by atoms with E-state index in [1.165, 1.54) is 22.3 Å². The van der Waals surface area contributed by atoms with E-state index in [-0.39, 0.29) is 24.8 Å². The van der Waals surface area contributed by atoms with Crippen LogP contribution in [0.3, 0.4) is 0 Å². The summed E-state index contributed by atoms with van der Waals surface area (Å²) in [6.07, 6.45) is 1.13. The van der Waals surface area contributed by atoms with Crippen LogP contribution in [0.15, 0.2) is 36.4 Å². The molecule has 0 amide bonds. The van der Waals surface area contributed by atoms with Crippen LogP contribution in [0.2, 0.25) is 0 Å². The normalized spacial score (nSPS) is 11.0. The first-order chi connectivity index (χ1) is 7.27. The standard InChI is InChI=1S/C14H11.2ClH.Hf/c1-10-5-4-8-13-12-7-3-2-6-11(12)9-14(10)13;;;/h2-4,6-8H,9H2,1H3;2*1H;/q;;;+2/p-2. The Morgan fingerprint density at radius 3 is 2.41 bits per heavy atom. The zero-order chi connectivity index (χ0) is 10.4. The first kappa shape index (κ1) is 14.9. The Morgan fingerprint density at radius 1 is 0.941 bits per heavy atom. The van der Waals surface area contributed by atoms with Gasteiger partial charge in [0.2, 0.25) is 0 Å². The molecule has 17 heavy (non-hydrogen) atoms. The molecule has 0 N–H and O–H groups in total. The molecule has 0 spiro atoms. The average Bonchev–Trinajstić information content (AvgIpc) is 2.63. The second kappa shape index (κ2) is 5.69. The molecule has 0 atom stereocenters. The summed E-state index contributed by atoms with van der Waals surface area (Å²) in [6.45, 7) is 2.27. The van der Waals surface area contributed by atoms with Gasteiger partial charge in [0.25, 0.3) is 0 Å². The summed E-state index contributed by atoms with van der Waals surface area (Å²) in [7, 11) is 0. The van der Waals surface area contributed by atoms with Gasteiger partial charge < -0.3 is 24.8 Å². The van der Waals surface area contributed by atoms with Crippen molar-refractivity contribution >= 4 is 3.32 Å². The van der Waals surface area contributed by atoms with Gasteiger partial charge in [-0.25, -0.2) is 0 Å². The number of hydrogen-bond donors (Lipinski definition) is 0. The molecule has 0 saturated carbocycles. The fraction of sp³-hybridized carbons (Fsp3) is 0.143. The van der Waals surface area contributed by atoms with Gasteiger partial charge in [0.15, 0.2) is 0 Å². The van der Waals surface area contributed by atoms with Gasteiger partial charge in [0.1, 0.15) is 0 Å². The van der Waals surface area contributed by atoms with Crippen LogP contribution in [0.1, 0.15) is 16.7 Å². The third kappa shape index (κ3) is 2.38. The monoisotopic (exact) mass is 429 g/mol. The van der Waals surface area contributed by atoms with Gasteiger partial charge >= 0.3 is 105 Å². The van der Waals surface area contributed by atoms with Gasteiger partial charge in [-0.3, -0.25) is 0 Å². The van der Waals surface area contributed by atoms with Crippen molar-refractivity contribution in [3.05, 3.63) is 53.1 Å². The molecular weight excluding hydrogens is 418 g/mol. The van der Waals surface area contributed by atoms with Gasteiger partial charge in [0, 0.05) is 0 Å². The predicted molar refractivity (Wildman–Crippen MR) is 59.1 cm³/mol. The number of hydrogen-bond acceptors (Lipinski definition) is 0. The van der Waals surface area contributed by atoms with Crippen LogP contribution >= 0.6 is 0 Å². The molecule has 0 aliphatic heterocycles. The Bertz CT molecular complexity index is 550.